The third-order valence-electron chi connectivity index (χ3n) is 8.41. The summed E-state index contributed by atoms with van der Waals surface area (Å²) < 4.78 is 23.8. The predicted molar refractivity (Wildman–Crippen MR) is 183 cm³/mol. The Kier molecular flexibility index (Phi) is 13.8. The molecule has 2 amide bonds. The van der Waals surface area contributed by atoms with E-state index in [0.717, 1.165) is 28.8 Å². The van der Waals surface area contributed by atoms with Gasteiger partial charge in [0.05, 0.1) is 23.8 Å². The highest BCUT2D eigenvalue weighted by molar-refractivity contribution is 6.31. The van der Waals surface area contributed by atoms with E-state index in [9.17, 15) is 18.4 Å². The summed E-state index contributed by atoms with van der Waals surface area (Å²) in [6, 6.07) is 9.85. The molecule has 1 saturated heterocycles. The van der Waals surface area contributed by atoms with Gasteiger partial charge in [0.2, 0.25) is 12.3 Å². The van der Waals surface area contributed by atoms with Crippen molar-refractivity contribution in [2.75, 3.05) is 25.6 Å². The second-order valence-corrected chi connectivity index (χ2v) is 13.2. The number of halogens is 4. The third-order valence-corrected chi connectivity index (χ3v) is 8.93. The van der Waals surface area contributed by atoms with Crippen molar-refractivity contribution in [3.05, 3.63) is 86.8 Å². The Labute approximate surface area is 277 Å². The van der Waals surface area contributed by atoms with E-state index in [1.807, 2.05) is 52.8 Å². The lowest BCUT2D eigenvalue weighted by Gasteiger charge is -2.43. The van der Waals surface area contributed by atoms with Gasteiger partial charge in [-0.25, -0.2) is 4.39 Å². The molecule has 10 heteroatoms. The molecule has 0 saturated carbocycles. The van der Waals surface area contributed by atoms with Crippen LogP contribution in [0.25, 0.3) is 0 Å². The molecule has 0 aromatic heterocycles. The first-order valence-electron chi connectivity index (χ1n) is 15.2. The second kappa shape index (κ2) is 16.2. The number of anilines is 1. The maximum Gasteiger partial charge on any atom is 0.237 e. The first-order chi connectivity index (χ1) is 21.2. The molecule has 0 aliphatic carbocycles. The highest BCUT2D eigenvalue weighted by atomic mass is 35.5. The number of nitrogens with zero attached hydrogens (tertiary/aromatic N) is 2. The van der Waals surface area contributed by atoms with Crippen LogP contribution in [0.15, 0.2) is 59.8 Å². The number of hydrogen-bond acceptors (Lipinski definition) is 4. The number of amides is 2. The standard InChI is InChI=1S/C32H39Cl2FN4O2.C2H6.CH3F/c1-19(16-36)7-8-20(2)39(18-40)21(3)38-17-25(22-9-12-27(35)26(34)13-22)32(29(38)15-31(4,5)6)24-11-10-23(33)14-28(24)37-30(32)41;2*1-2/h7-14,18,21,25,29H,15-17,36H2,1-6H3,(H,37,41);1-2H3;1H3/b19-7+,20-8+;;. The summed E-state index contributed by atoms with van der Waals surface area (Å²) in [5, 5.41) is 3.63. The summed E-state index contributed by atoms with van der Waals surface area (Å²) in [4.78, 5) is 30.8. The SMILES string of the molecule is C/C(=C\C=C(/C)N(C=O)C(C)N1CC(c2ccc(F)c(Cl)c2)C2(C(=O)Nc3cc(Cl)ccc32)C1CC(C)(C)C)CN.CC.CF. The number of hydrogen-bond donors (Lipinski definition) is 2. The molecule has 2 aliphatic rings. The number of alkyl halides is 1. The molecular weight excluding hydrogens is 617 g/mol. The number of allylic oxidation sites excluding steroid dienone is 3. The van der Waals surface area contributed by atoms with Crippen LogP contribution in [0.4, 0.5) is 14.5 Å². The topological polar surface area (TPSA) is 78.7 Å². The number of rotatable bonds is 8. The van der Waals surface area contributed by atoms with Crippen molar-refractivity contribution in [1.29, 1.82) is 0 Å². The Balaban J connectivity index is 0.00000169. The average molecular weight is 666 g/mol. The van der Waals surface area contributed by atoms with Gasteiger partial charge < -0.3 is 16.0 Å². The molecule has 4 rings (SSSR count). The van der Waals surface area contributed by atoms with E-state index in [1.54, 1.807) is 29.2 Å². The van der Waals surface area contributed by atoms with E-state index >= 15 is 0 Å². The zero-order valence-electron chi connectivity index (χ0n) is 27.8. The fraction of sp³-hybridized carbons (Fsp3) is 0.486. The maximum atomic E-state index is 14.3. The van der Waals surface area contributed by atoms with Gasteiger partial charge in [-0.05, 0) is 74.1 Å². The van der Waals surface area contributed by atoms with Gasteiger partial charge in [-0.3, -0.25) is 18.9 Å². The van der Waals surface area contributed by atoms with Crippen molar-refractivity contribution in [2.24, 2.45) is 11.1 Å². The van der Waals surface area contributed by atoms with E-state index in [1.165, 1.54) is 6.07 Å². The minimum Gasteiger partial charge on any atom is -0.327 e. The Morgan fingerprint density at radius 3 is 2.36 bits per heavy atom. The number of nitrogens with one attached hydrogen (secondary N) is 1. The Hall–Kier alpha value is -2.78. The molecule has 45 heavy (non-hydrogen) atoms. The van der Waals surface area contributed by atoms with Gasteiger partial charge in [-0.15, -0.1) is 0 Å². The molecule has 1 spiro atoms. The van der Waals surface area contributed by atoms with Crippen LogP contribution >= 0.6 is 23.2 Å². The molecule has 2 aromatic carbocycles. The predicted octanol–water partition coefficient (Wildman–Crippen LogP) is 8.45. The number of carbonyl (C=O) groups excluding carboxylic acids is 2. The maximum absolute atomic E-state index is 14.3. The molecule has 248 valence electrons. The molecule has 6 nitrogen and oxygen atoms in total. The molecule has 2 aliphatic heterocycles. The van der Waals surface area contributed by atoms with E-state index in [2.05, 4.69) is 31.0 Å². The molecule has 0 bridgehead atoms. The van der Waals surface area contributed by atoms with Gasteiger partial charge >= 0.3 is 0 Å². The zero-order valence-corrected chi connectivity index (χ0v) is 29.4. The Morgan fingerprint density at radius 1 is 1.16 bits per heavy atom. The fourth-order valence-electron chi connectivity index (χ4n) is 6.39. The molecule has 3 N–H and O–H groups in total. The third kappa shape index (κ3) is 7.97. The van der Waals surface area contributed by atoms with Gasteiger partial charge in [-0.1, -0.05) is 81.6 Å². The van der Waals surface area contributed by atoms with Crippen molar-refractivity contribution in [3.8, 4) is 0 Å². The first kappa shape index (κ1) is 38.4. The summed E-state index contributed by atoms with van der Waals surface area (Å²) in [7, 11) is 0.500. The van der Waals surface area contributed by atoms with Crippen LogP contribution in [-0.4, -0.2) is 54.6 Å². The molecule has 4 atom stereocenters. The average Bonchev–Trinajstić information content (AvgIpc) is 3.48. The van der Waals surface area contributed by atoms with Gasteiger partial charge in [0.25, 0.3) is 0 Å². The number of fused-ring (bicyclic) bond motifs is 2. The quantitative estimate of drug-likeness (QED) is 0.219. The Bertz CT molecular complexity index is 1410. The number of likely N-dealkylation sites (tertiary alicyclic amines) is 1. The molecule has 4 unspecified atom stereocenters. The van der Waals surface area contributed by atoms with Crippen molar-refractivity contribution >= 4 is 41.2 Å². The Morgan fingerprint density at radius 2 is 1.80 bits per heavy atom. The number of benzene rings is 2. The highest BCUT2D eigenvalue weighted by Gasteiger charge is 2.64. The lowest BCUT2D eigenvalue weighted by atomic mass is 9.64. The summed E-state index contributed by atoms with van der Waals surface area (Å²) in [5.74, 6) is -1.04. The van der Waals surface area contributed by atoms with Crippen molar-refractivity contribution in [1.82, 2.24) is 9.80 Å². The molecule has 2 heterocycles. The largest absolute Gasteiger partial charge is 0.327 e. The van der Waals surface area contributed by atoms with Crippen LogP contribution < -0.4 is 11.1 Å². The van der Waals surface area contributed by atoms with Crippen molar-refractivity contribution in [2.45, 2.75) is 85.4 Å². The smallest absolute Gasteiger partial charge is 0.237 e. The number of nitrogens with two attached hydrogens (primary N) is 1. The van der Waals surface area contributed by atoms with Gasteiger partial charge in [0.1, 0.15) is 5.82 Å². The normalized spacial score (nSPS) is 22.1. The van der Waals surface area contributed by atoms with Gasteiger partial charge in [0, 0.05) is 41.5 Å². The van der Waals surface area contributed by atoms with Crippen LogP contribution in [0.1, 0.15) is 78.9 Å². The summed E-state index contributed by atoms with van der Waals surface area (Å²) in [6.45, 7) is 17.1. The monoisotopic (exact) mass is 664 g/mol. The first-order valence-corrected chi connectivity index (χ1v) is 16.0. The van der Waals surface area contributed by atoms with Crippen LogP contribution in [0.5, 0.6) is 0 Å². The van der Waals surface area contributed by atoms with E-state index in [-0.39, 0.29) is 28.3 Å². The zero-order chi connectivity index (χ0) is 34.3. The van der Waals surface area contributed by atoms with Crippen LogP contribution in [0.2, 0.25) is 10.0 Å². The van der Waals surface area contributed by atoms with E-state index in [4.69, 9.17) is 28.9 Å². The lowest BCUT2D eigenvalue weighted by Crippen LogP contribution is -2.55. The highest BCUT2D eigenvalue weighted by Crippen LogP contribution is 2.58. The molecule has 2 aromatic rings. The molecular formula is C35H48Cl2F2N4O2. The lowest BCUT2D eigenvalue weighted by molar-refractivity contribution is -0.124. The summed E-state index contributed by atoms with van der Waals surface area (Å²) in [5.41, 5.74) is 8.55. The van der Waals surface area contributed by atoms with Crippen molar-refractivity contribution < 1.29 is 18.4 Å². The van der Waals surface area contributed by atoms with Crippen LogP contribution in [0.3, 0.4) is 0 Å². The number of carbonyl (C=O) groups is 2. The summed E-state index contributed by atoms with van der Waals surface area (Å²) >= 11 is 12.6. The van der Waals surface area contributed by atoms with E-state index in [0.29, 0.717) is 37.4 Å². The van der Waals surface area contributed by atoms with Crippen LogP contribution in [-0.2, 0) is 15.0 Å². The van der Waals surface area contributed by atoms with E-state index < -0.39 is 17.4 Å². The minimum atomic E-state index is -1.04. The fourth-order valence-corrected chi connectivity index (χ4v) is 6.75. The molecule has 1 fully saturated rings. The minimum absolute atomic E-state index is 0.00149. The van der Waals surface area contributed by atoms with Gasteiger partial charge in [-0.2, -0.15) is 0 Å². The van der Waals surface area contributed by atoms with Gasteiger partial charge in [0.15, 0.2) is 0 Å². The summed E-state index contributed by atoms with van der Waals surface area (Å²) in [6.07, 6.45) is 4.87. The van der Waals surface area contributed by atoms with Crippen molar-refractivity contribution in [3.63, 3.8) is 0 Å². The van der Waals surface area contributed by atoms with Crippen LogP contribution in [0, 0.1) is 11.2 Å². The molecule has 0 radical (unpaired) electrons. The second-order valence-electron chi connectivity index (χ2n) is 12.4.